The van der Waals surface area contributed by atoms with Crippen molar-refractivity contribution in [1.29, 1.82) is 0 Å². The second kappa shape index (κ2) is 7.60. The van der Waals surface area contributed by atoms with Crippen molar-refractivity contribution in [3.8, 4) is 0 Å². The molecule has 0 saturated heterocycles. The molecule has 5 nitrogen and oxygen atoms in total. The molecule has 1 amide bonds. The summed E-state index contributed by atoms with van der Waals surface area (Å²) >= 11 is 0. The molecule has 2 N–H and O–H groups in total. The van der Waals surface area contributed by atoms with Gasteiger partial charge in [0.15, 0.2) is 0 Å². The van der Waals surface area contributed by atoms with Crippen molar-refractivity contribution in [3.05, 3.63) is 58.1 Å². The summed E-state index contributed by atoms with van der Waals surface area (Å²) in [6.07, 6.45) is 0. The molecule has 26 heavy (non-hydrogen) atoms. The molecule has 2 aromatic rings. The van der Waals surface area contributed by atoms with E-state index in [0.29, 0.717) is 16.8 Å². The normalized spacial score (nSPS) is 12.7. The summed E-state index contributed by atoms with van der Waals surface area (Å²) in [5.41, 5.74) is 4.93. The second-order valence-electron chi connectivity index (χ2n) is 6.79. The molecule has 0 saturated carbocycles. The van der Waals surface area contributed by atoms with Crippen LogP contribution in [0.2, 0.25) is 0 Å². The molecule has 0 heterocycles. The van der Waals surface area contributed by atoms with Gasteiger partial charge < -0.3 is 5.32 Å². The fraction of sp³-hybridized carbons (Fsp3) is 0.350. The van der Waals surface area contributed by atoms with E-state index in [9.17, 15) is 13.2 Å². The summed E-state index contributed by atoms with van der Waals surface area (Å²) in [7, 11) is -3.82. The maximum atomic E-state index is 12.9. The third-order valence-electron chi connectivity index (χ3n) is 4.61. The average Bonchev–Trinajstić information content (AvgIpc) is 2.54. The first-order valence-electron chi connectivity index (χ1n) is 8.50. The molecule has 0 aliphatic rings. The van der Waals surface area contributed by atoms with E-state index < -0.39 is 22.0 Å². The molecule has 6 heteroatoms. The maximum Gasteiger partial charge on any atom is 0.242 e. The van der Waals surface area contributed by atoms with Crippen molar-refractivity contribution in [1.82, 2.24) is 4.72 Å². The van der Waals surface area contributed by atoms with Crippen molar-refractivity contribution in [2.24, 2.45) is 0 Å². The highest BCUT2D eigenvalue weighted by molar-refractivity contribution is 7.89. The Labute approximate surface area is 155 Å². The molecule has 0 fully saturated rings. The second-order valence-corrected chi connectivity index (χ2v) is 8.44. The van der Waals surface area contributed by atoms with Crippen LogP contribution in [0.3, 0.4) is 0 Å². The fourth-order valence-electron chi connectivity index (χ4n) is 2.82. The first-order chi connectivity index (χ1) is 12.0. The van der Waals surface area contributed by atoms with Crippen LogP contribution in [0.25, 0.3) is 0 Å². The molecule has 1 atom stereocenters. The van der Waals surface area contributed by atoms with Gasteiger partial charge in [0.1, 0.15) is 0 Å². The number of sulfonamides is 1. The largest absolute Gasteiger partial charge is 0.325 e. The van der Waals surface area contributed by atoms with Gasteiger partial charge in [0.25, 0.3) is 0 Å². The van der Waals surface area contributed by atoms with Crippen molar-refractivity contribution >= 4 is 21.6 Å². The highest BCUT2D eigenvalue weighted by Gasteiger charge is 2.26. The van der Waals surface area contributed by atoms with Crippen LogP contribution in [0.4, 0.5) is 5.69 Å². The van der Waals surface area contributed by atoms with Gasteiger partial charge in [0, 0.05) is 5.69 Å². The van der Waals surface area contributed by atoms with Gasteiger partial charge in [-0.15, -0.1) is 0 Å². The number of carbonyl (C=O) groups excluding carboxylic acids is 1. The fourth-order valence-corrected chi connectivity index (χ4v) is 4.63. The lowest BCUT2D eigenvalue weighted by Crippen LogP contribution is -2.42. The molecular formula is C20H26N2O3S. The molecule has 0 aromatic heterocycles. The molecule has 0 aliphatic carbocycles. The van der Waals surface area contributed by atoms with Crippen LogP contribution < -0.4 is 10.0 Å². The third-order valence-corrected chi connectivity index (χ3v) is 6.42. The molecule has 0 radical (unpaired) electrons. The number of carbonyl (C=O) groups is 1. The molecule has 2 rings (SSSR count). The Bertz CT molecular complexity index is 906. The maximum absolute atomic E-state index is 12.9. The summed E-state index contributed by atoms with van der Waals surface area (Å²) in [4.78, 5) is 12.6. The van der Waals surface area contributed by atoms with E-state index in [1.165, 1.54) is 6.92 Å². The first-order valence-corrected chi connectivity index (χ1v) is 9.98. The quantitative estimate of drug-likeness (QED) is 0.841. The lowest BCUT2D eigenvalue weighted by Gasteiger charge is -2.19. The van der Waals surface area contributed by atoms with E-state index in [1.54, 1.807) is 26.0 Å². The van der Waals surface area contributed by atoms with Crippen LogP contribution in [0.15, 0.2) is 35.2 Å². The van der Waals surface area contributed by atoms with Gasteiger partial charge in [-0.3, -0.25) is 4.79 Å². The lowest BCUT2D eigenvalue weighted by molar-refractivity contribution is -0.117. The predicted molar refractivity (Wildman–Crippen MR) is 105 cm³/mol. The van der Waals surface area contributed by atoms with E-state index in [2.05, 4.69) is 10.0 Å². The highest BCUT2D eigenvalue weighted by Crippen LogP contribution is 2.26. The topological polar surface area (TPSA) is 75.3 Å². The van der Waals surface area contributed by atoms with Crippen LogP contribution >= 0.6 is 0 Å². The van der Waals surface area contributed by atoms with Gasteiger partial charge >= 0.3 is 0 Å². The zero-order valence-corrected chi connectivity index (χ0v) is 16.9. The van der Waals surface area contributed by atoms with Gasteiger partial charge in [-0.25, -0.2) is 8.42 Å². The monoisotopic (exact) mass is 374 g/mol. The zero-order valence-electron chi connectivity index (χ0n) is 16.1. The van der Waals surface area contributed by atoms with Gasteiger partial charge in [-0.05, 0) is 75.9 Å². The van der Waals surface area contributed by atoms with Crippen LogP contribution in [0, 0.1) is 34.6 Å². The molecular weight excluding hydrogens is 348 g/mol. The number of nitrogens with one attached hydrogen (secondary N) is 2. The molecule has 0 spiro atoms. The van der Waals surface area contributed by atoms with Crippen molar-refractivity contribution in [3.63, 3.8) is 0 Å². The Kier molecular flexibility index (Phi) is 5.88. The van der Waals surface area contributed by atoms with E-state index in [-0.39, 0.29) is 4.90 Å². The predicted octanol–water partition coefficient (Wildman–Crippen LogP) is 3.53. The zero-order chi connectivity index (χ0) is 19.6. The van der Waals surface area contributed by atoms with E-state index in [1.807, 2.05) is 39.0 Å². The Morgan fingerprint density at radius 3 is 1.92 bits per heavy atom. The van der Waals surface area contributed by atoms with Gasteiger partial charge in [-0.1, -0.05) is 23.8 Å². The lowest BCUT2D eigenvalue weighted by atomic mass is 10.0. The standard InChI is InChI=1S/C20H26N2O3S/c1-12-7-9-18(10-8-12)21-20(23)17(6)22-26(24,25)19-15(4)13(2)11-14(3)16(19)5/h7-11,17,22H,1-6H3,(H,21,23)/t17-/m0/s1. The molecule has 0 aliphatic heterocycles. The first kappa shape index (κ1) is 20.1. The third kappa shape index (κ3) is 4.31. The summed E-state index contributed by atoms with van der Waals surface area (Å²) < 4.78 is 28.3. The van der Waals surface area contributed by atoms with Gasteiger partial charge in [0.05, 0.1) is 10.9 Å². The highest BCUT2D eigenvalue weighted by atomic mass is 32.2. The Balaban J connectivity index is 2.24. The molecule has 0 unspecified atom stereocenters. The number of hydrogen-bond acceptors (Lipinski definition) is 3. The van der Waals surface area contributed by atoms with Crippen LogP contribution in [-0.4, -0.2) is 20.4 Å². The molecule has 0 bridgehead atoms. The molecule has 140 valence electrons. The minimum absolute atomic E-state index is 0.255. The van der Waals surface area contributed by atoms with Crippen molar-refractivity contribution in [2.75, 3.05) is 5.32 Å². The number of anilines is 1. The smallest absolute Gasteiger partial charge is 0.242 e. The van der Waals surface area contributed by atoms with Crippen molar-refractivity contribution < 1.29 is 13.2 Å². The van der Waals surface area contributed by atoms with E-state index in [4.69, 9.17) is 0 Å². The Morgan fingerprint density at radius 2 is 1.42 bits per heavy atom. The summed E-state index contributed by atoms with van der Waals surface area (Å²) in [5.74, 6) is -0.405. The Hall–Kier alpha value is -2.18. The number of benzene rings is 2. The molecule has 2 aromatic carbocycles. The van der Waals surface area contributed by atoms with Crippen LogP contribution in [0.5, 0.6) is 0 Å². The summed E-state index contributed by atoms with van der Waals surface area (Å²) in [6.45, 7) is 10.8. The van der Waals surface area contributed by atoms with Crippen molar-refractivity contribution in [2.45, 2.75) is 52.5 Å². The van der Waals surface area contributed by atoms with E-state index in [0.717, 1.165) is 16.7 Å². The summed E-state index contributed by atoms with van der Waals surface area (Å²) in [6, 6.07) is 8.40. The Morgan fingerprint density at radius 1 is 0.923 bits per heavy atom. The average molecular weight is 375 g/mol. The van der Waals surface area contributed by atoms with Gasteiger partial charge in [-0.2, -0.15) is 4.72 Å². The number of amides is 1. The SMILES string of the molecule is Cc1ccc(NC(=O)[C@H](C)NS(=O)(=O)c2c(C)c(C)cc(C)c2C)cc1. The van der Waals surface area contributed by atoms with Crippen LogP contribution in [-0.2, 0) is 14.8 Å². The van der Waals surface area contributed by atoms with Gasteiger partial charge in [0.2, 0.25) is 15.9 Å². The minimum Gasteiger partial charge on any atom is -0.325 e. The van der Waals surface area contributed by atoms with E-state index >= 15 is 0 Å². The number of hydrogen-bond donors (Lipinski definition) is 2. The number of rotatable bonds is 5. The summed E-state index contributed by atoms with van der Waals surface area (Å²) in [5, 5.41) is 2.73. The number of aryl methyl sites for hydroxylation is 3. The minimum atomic E-state index is -3.82. The van der Waals surface area contributed by atoms with Crippen LogP contribution in [0.1, 0.15) is 34.7 Å².